The van der Waals surface area contributed by atoms with Crippen LogP contribution in [0.4, 0.5) is 5.69 Å². The summed E-state index contributed by atoms with van der Waals surface area (Å²) in [7, 11) is 3.11. The van der Waals surface area contributed by atoms with Gasteiger partial charge in [-0.3, -0.25) is 4.79 Å². The molecule has 0 bridgehead atoms. The normalized spacial score (nSPS) is 10.0. The van der Waals surface area contributed by atoms with Crippen molar-refractivity contribution < 1.29 is 19.0 Å². The highest BCUT2D eigenvalue weighted by atomic mass is 16.5. The third-order valence-corrected chi connectivity index (χ3v) is 3.36. The Kier molecular flexibility index (Phi) is 5.86. The standard InChI is InChI=1S/C18H21NO4/c1-4-13-6-5-7-15(10-13)23-12-18(20)19-16-9-8-14(21-2)11-17(16)22-3/h5-11H,4,12H2,1-3H3,(H,19,20). The Morgan fingerprint density at radius 2 is 1.87 bits per heavy atom. The van der Waals surface area contributed by atoms with Crippen LogP contribution in [-0.2, 0) is 11.2 Å². The highest BCUT2D eigenvalue weighted by molar-refractivity contribution is 5.93. The first-order chi connectivity index (χ1) is 11.2. The summed E-state index contributed by atoms with van der Waals surface area (Å²) in [5.74, 6) is 1.62. The fraction of sp³-hybridized carbons (Fsp3) is 0.278. The molecule has 0 saturated heterocycles. The molecule has 2 rings (SSSR count). The first-order valence-corrected chi connectivity index (χ1v) is 7.40. The molecule has 0 aliphatic carbocycles. The molecule has 0 saturated carbocycles. The van der Waals surface area contributed by atoms with E-state index in [1.807, 2.05) is 24.3 Å². The maximum Gasteiger partial charge on any atom is 0.262 e. The third-order valence-electron chi connectivity index (χ3n) is 3.36. The quantitative estimate of drug-likeness (QED) is 0.852. The van der Waals surface area contributed by atoms with Crippen molar-refractivity contribution in [2.75, 3.05) is 26.1 Å². The van der Waals surface area contributed by atoms with Crippen LogP contribution < -0.4 is 19.5 Å². The minimum atomic E-state index is -0.254. The lowest BCUT2D eigenvalue weighted by atomic mass is 10.2. The van der Waals surface area contributed by atoms with Crippen LogP contribution in [0.25, 0.3) is 0 Å². The second-order valence-corrected chi connectivity index (χ2v) is 4.90. The van der Waals surface area contributed by atoms with Gasteiger partial charge in [0.1, 0.15) is 17.2 Å². The van der Waals surface area contributed by atoms with Gasteiger partial charge in [0.15, 0.2) is 6.61 Å². The van der Waals surface area contributed by atoms with Gasteiger partial charge in [-0.25, -0.2) is 0 Å². The topological polar surface area (TPSA) is 56.8 Å². The molecule has 0 fully saturated rings. The van der Waals surface area contributed by atoms with Crippen molar-refractivity contribution in [1.82, 2.24) is 0 Å². The van der Waals surface area contributed by atoms with Crippen LogP contribution in [0.3, 0.4) is 0 Å². The number of carbonyl (C=O) groups excluding carboxylic acids is 1. The summed E-state index contributed by atoms with van der Waals surface area (Å²) in [5, 5.41) is 2.77. The average molecular weight is 315 g/mol. The molecule has 1 N–H and O–H groups in total. The summed E-state index contributed by atoms with van der Waals surface area (Å²) >= 11 is 0. The molecule has 122 valence electrons. The van der Waals surface area contributed by atoms with E-state index in [0.717, 1.165) is 6.42 Å². The van der Waals surface area contributed by atoms with Gasteiger partial charge in [-0.1, -0.05) is 19.1 Å². The Bertz CT molecular complexity index is 670. The smallest absolute Gasteiger partial charge is 0.262 e. The van der Waals surface area contributed by atoms with Crippen molar-refractivity contribution in [3.8, 4) is 17.2 Å². The highest BCUT2D eigenvalue weighted by Crippen LogP contribution is 2.28. The third kappa shape index (κ3) is 4.64. The fourth-order valence-corrected chi connectivity index (χ4v) is 2.09. The largest absolute Gasteiger partial charge is 0.497 e. The van der Waals surface area contributed by atoms with Crippen LogP contribution in [-0.4, -0.2) is 26.7 Å². The van der Waals surface area contributed by atoms with Crippen molar-refractivity contribution in [1.29, 1.82) is 0 Å². The summed E-state index contributed by atoms with van der Waals surface area (Å²) in [4.78, 5) is 12.0. The number of methoxy groups -OCH3 is 2. The maximum absolute atomic E-state index is 12.0. The number of ether oxygens (including phenoxy) is 3. The second kappa shape index (κ2) is 8.08. The number of benzene rings is 2. The molecular weight excluding hydrogens is 294 g/mol. The number of nitrogens with one attached hydrogen (secondary N) is 1. The van der Waals surface area contributed by atoms with Crippen LogP contribution in [0.1, 0.15) is 12.5 Å². The summed E-state index contributed by atoms with van der Waals surface area (Å²) in [6, 6.07) is 12.9. The van der Waals surface area contributed by atoms with E-state index in [1.54, 1.807) is 25.3 Å². The molecule has 0 aliphatic heterocycles. The van der Waals surface area contributed by atoms with Gasteiger partial charge < -0.3 is 19.5 Å². The molecule has 2 aromatic rings. The van der Waals surface area contributed by atoms with E-state index in [2.05, 4.69) is 12.2 Å². The predicted octanol–water partition coefficient (Wildman–Crippen LogP) is 3.28. The molecule has 5 heteroatoms. The molecule has 5 nitrogen and oxygen atoms in total. The Morgan fingerprint density at radius 1 is 1.04 bits per heavy atom. The second-order valence-electron chi connectivity index (χ2n) is 4.90. The Labute approximate surface area is 136 Å². The Morgan fingerprint density at radius 3 is 2.57 bits per heavy atom. The van der Waals surface area contributed by atoms with E-state index in [4.69, 9.17) is 14.2 Å². The number of anilines is 1. The van der Waals surface area contributed by atoms with Gasteiger partial charge in [-0.15, -0.1) is 0 Å². The zero-order chi connectivity index (χ0) is 16.7. The first-order valence-electron chi connectivity index (χ1n) is 7.40. The SMILES string of the molecule is CCc1cccc(OCC(=O)Nc2ccc(OC)cc2OC)c1. The van der Waals surface area contributed by atoms with E-state index < -0.39 is 0 Å². The highest BCUT2D eigenvalue weighted by Gasteiger charge is 2.09. The monoisotopic (exact) mass is 315 g/mol. The lowest BCUT2D eigenvalue weighted by molar-refractivity contribution is -0.118. The minimum Gasteiger partial charge on any atom is -0.497 e. The molecule has 2 aromatic carbocycles. The lowest BCUT2D eigenvalue weighted by Crippen LogP contribution is -2.20. The minimum absolute atomic E-state index is 0.0671. The van der Waals surface area contributed by atoms with Crippen molar-refractivity contribution in [2.45, 2.75) is 13.3 Å². The van der Waals surface area contributed by atoms with Crippen LogP contribution in [0.2, 0.25) is 0 Å². The number of rotatable bonds is 7. The Hall–Kier alpha value is -2.69. The average Bonchev–Trinajstić information content (AvgIpc) is 2.60. The lowest BCUT2D eigenvalue weighted by Gasteiger charge is -2.12. The number of hydrogen-bond acceptors (Lipinski definition) is 4. The molecule has 0 unspecified atom stereocenters. The molecule has 0 aliphatic rings. The predicted molar refractivity (Wildman–Crippen MR) is 89.5 cm³/mol. The summed E-state index contributed by atoms with van der Waals surface area (Å²) in [5.41, 5.74) is 1.74. The molecule has 0 heterocycles. The maximum atomic E-state index is 12.0. The van der Waals surface area contributed by atoms with E-state index >= 15 is 0 Å². The fourth-order valence-electron chi connectivity index (χ4n) is 2.09. The van der Waals surface area contributed by atoms with Gasteiger partial charge in [0.2, 0.25) is 0 Å². The number of carbonyl (C=O) groups is 1. The van der Waals surface area contributed by atoms with Gasteiger partial charge >= 0.3 is 0 Å². The van der Waals surface area contributed by atoms with E-state index in [1.165, 1.54) is 12.7 Å². The van der Waals surface area contributed by atoms with Crippen LogP contribution in [0.15, 0.2) is 42.5 Å². The van der Waals surface area contributed by atoms with Gasteiger partial charge in [0, 0.05) is 6.07 Å². The molecule has 23 heavy (non-hydrogen) atoms. The van der Waals surface area contributed by atoms with Crippen LogP contribution >= 0.6 is 0 Å². The summed E-state index contributed by atoms with van der Waals surface area (Å²) in [6.45, 7) is 2.00. The van der Waals surface area contributed by atoms with Crippen molar-refractivity contribution in [3.05, 3.63) is 48.0 Å². The Balaban J connectivity index is 1.96. The number of hydrogen-bond donors (Lipinski definition) is 1. The zero-order valence-corrected chi connectivity index (χ0v) is 13.6. The summed E-state index contributed by atoms with van der Waals surface area (Å²) < 4.78 is 15.9. The zero-order valence-electron chi connectivity index (χ0n) is 13.6. The van der Waals surface area contributed by atoms with Gasteiger partial charge in [-0.2, -0.15) is 0 Å². The van der Waals surface area contributed by atoms with Crippen LogP contribution in [0.5, 0.6) is 17.2 Å². The van der Waals surface area contributed by atoms with E-state index in [9.17, 15) is 4.79 Å². The van der Waals surface area contributed by atoms with Gasteiger partial charge in [-0.05, 0) is 36.2 Å². The van der Waals surface area contributed by atoms with Crippen molar-refractivity contribution >= 4 is 11.6 Å². The molecule has 0 radical (unpaired) electrons. The van der Waals surface area contributed by atoms with Crippen molar-refractivity contribution in [2.24, 2.45) is 0 Å². The molecular formula is C18H21NO4. The molecule has 1 amide bonds. The summed E-state index contributed by atoms with van der Waals surface area (Å²) in [6.07, 6.45) is 0.923. The van der Waals surface area contributed by atoms with Gasteiger partial charge in [0.25, 0.3) is 5.91 Å². The molecule has 0 atom stereocenters. The van der Waals surface area contributed by atoms with Crippen molar-refractivity contribution in [3.63, 3.8) is 0 Å². The van der Waals surface area contributed by atoms with E-state index in [0.29, 0.717) is 22.9 Å². The number of amides is 1. The van der Waals surface area contributed by atoms with E-state index in [-0.39, 0.29) is 12.5 Å². The van der Waals surface area contributed by atoms with Gasteiger partial charge in [0.05, 0.1) is 19.9 Å². The van der Waals surface area contributed by atoms with Crippen LogP contribution in [0, 0.1) is 0 Å². The first kappa shape index (κ1) is 16.7. The molecule has 0 aromatic heterocycles. The number of aryl methyl sites for hydroxylation is 1. The molecule has 0 spiro atoms.